The number of hydrazone groups is 1. The van der Waals surface area contributed by atoms with Crippen molar-refractivity contribution in [2.75, 3.05) is 6.61 Å². The maximum Gasteiger partial charge on any atom is 0.258 e. The second-order valence-electron chi connectivity index (χ2n) is 6.34. The predicted molar refractivity (Wildman–Crippen MR) is 110 cm³/mol. The molecule has 0 saturated carbocycles. The lowest BCUT2D eigenvalue weighted by atomic mass is 10.0. The lowest BCUT2D eigenvalue weighted by Gasteiger charge is -2.11. The molecule has 0 radical (unpaired) electrons. The first kappa shape index (κ1) is 19.5. The minimum Gasteiger partial charge on any atom is -0.494 e. The van der Waals surface area contributed by atoms with Crippen LogP contribution in [0.2, 0.25) is 0 Å². The van der Waals surface area contributed by atoms with Crippen LogP contribution >= 0.6 is 15.9 Å². The average Bonchev–Trinajstić information content (AvgIpc) is 3.17. The molecular formula is C20H23BrN4O2. The minimum absolute atomic E-state index is 0.0648. The summed E-state index contributed by atoms with van der Waals surface area (Å²) in [7, 11) is 0. The number of carbonyl (C=O) groups is 1. The molecule has 1 saturated heterocycles. The van der Waals surface area contributed by atoms with Crippen molar-refractivity contribution in [3.8, 4) is 5.75 Å². The van der Waals surface area contributed by atoms with Gasteiger partial charge in [-0.05, 0) is 48.2 Å². The molecule has 0 spiro atoms. The van der Waals surface area contributed by atoms with Crippen LogP contribution in [-0.2, 0) is 4.79 Å². The van der Waals surface area contributed by atoms with E-state index in [0.29, 0.717) is 13.0 Å². The second-order valence-corrected chi connectivity index (χ2v) is 7.25. The molecule has 2 unspecified atom stereocenters. The number of amides is 1. The van der Waals surface area contributed by atoms with Gasteiger partial charge in [-0.2, -0.15) is 5.10 Å². The molecule has 2 aromatic rings. The summed E-state index contributed by atoms with van der Waals surface area (Å²) in [5.41, 5.74) is 10.8. The van der Waals surface area contributed by atoms with Gasteiger partial charge in [-0.3, -0.25) is 4.79 Å². The molecule has 6 nitrogen and oxygen atoms in total. The van der Waals surface area contributed by atoms with Crippen LogP contribution in [0.3, 0.4) is 0 Å². The number of hydrogen-bond donors (Lipinski definition) is 3. The fraction of sp³-hybridized carbons (Fsp3) is 0.300. The maximum atomic E-state index is 12.3. The van der Waals surface area contributed by atoms with Crippen molar-refractivity contribution in [2.45, 2.75) is 31.8 Å². The minimum atomic E-state index is -0.342. The highest BCUT2D eigenvalue weighted by molar-refractivity contribution is 9.10. The van der Waals surface area contributed by atoms with E-state index in [1.165, 1.54) is 0 Å². The van der Waals surface area contributed by atoms with Crippen LogP contribution in [0.15, 0.2) is 58.1 Å². The van der Waals surface area contributed by atoms with Crippen LogP contribution < -0.4 is 21.0 Å². The Morgan fingerprint density at radius 2 is 2.11 bits per heavy atom. The molecule has 142 valence electrons. The van der Waals surface area contributed by atoms with Crippen molar-refractivity contribution in [1.29, 1.82) is 0 Å². The van der Waals surface area contributed by atoms with E-state index < -0.39 is 0 Å². The van der Waals surface area contributed by atoms with E-state index in [1.54, 1.807) is 6.21 Å². The van der Waals surface area contributed by atoms with Crippen molar-refractivity contribution in [1.82, 2.24) is 16.3 Å². The largest absolute Gasteiger partial charge is 0.494 e. The highest BCUT2D eigenvalue weighted by Crippen LogP contribution is 2.24. The van der Waals surface area contributed by atoms with Gasteiger partial charge in [0.25, 0.3) is 5.91 Å². The number of hydrazine groups is 1. The molecule has 2 aromatic carbocycles. The summed E-state index contributed by atoms with van der Waals surface area (Å²) >= 11 is 3.41. The molecule has 1 heterocycles. The normalized spacial score (nSPS) is 19.3. The number of hydrogen-bond acceptors (Lipinski definition) is 5. The molecule has 0 bridgehead atoms. The average molecular weight is 431 g/mol. The predicted octanol–water partition coefficient (Wildman–Crippen LogP) is 3.30. The Balaban J connectivity index is 1.50. The van der Waals surface area contributed by atoms with Crippen LogP contribution in [0.25, 0.3) is 0 Å². The van der Waals surface area contributed by atoms with Gasteiger partial charge in [-0.15, -0.1) is 0 Å². The Bertz CT molecular complexity index is 795. The Hall–Kier alpha value is -2.22. The SMILES string of the molecule is CCCOc1ccc(C2CC(C(=O)N/N=C/c3cccc(Br)c3)NN2)cc1. The highest BCUT2D eigenvalue weighted by atomic mass is 79.9. The summed E-state index contributed by atoms with van der Waals surface area (Å²) in [5.74, 6) is 0.696. The van der Waals surface area contributed by atoms with E-state index >= 15 is 0 Å². The van der Waals surface area contributed by atoms with Crippen molar-refractivity contribution in [2.24, 2.45) is 5.10 Å². The van der Waals surface area contributed by atoms with Gasteiger partial charge in [0.1, 0.15) is 11.8 Å². The van der Waals surface area contributed by atoms with Crippen molar-refractivity contribution < 1.29 is 9.53 Å². The molecule has 27 heavy (non-hydrogen) atoms. The number of nitrogens with zero attached hydrogens (tertiary/aromatic N) is 1. The summed E-state index contributed by atoms with van der Waals surface area (Å²) < 4.78 is 6.57. The molecule has 1 amide bonds. The van der Waals surface area contributed by atoms with Crippen LogP contribution in [0, 0.1) is 0 Å². The molecule has 1 aliphatic heterocycles. The molecule has 1 aliphatic rings. The third-order valence-electron chi connectivity index (χ3n) is 4.21. The Kier molecular flexibility index (Phi) is 6.98. The quantitative estimate of drug-likeness (QED) is 0.465. The summed E-state index contributed by atoms with van der Waals surface area (Å²) in [6.07, 6.45) is 3.25. The third-order valence-corrected chi connectivity index (χ3v) is 4.71. The number of rotatable bonds is 7. The molecule has 2 atom stereocenters. The van der Waals surface area contributed by atoms with Crippen molar-refractivity contribution >= 4 is 28.1 Å². The summed E-state index contributed by atoms with van der Waals surface area (Å²) in [6, 6.07) is 15.4. The highest BCUT2D eigenvalue weighted by Gasteiger charge is 2.30. The monoisotopic (exact) mass is 430 g/mol. The molecule has 3 N–H and O–H groups in total. The van der Waals surface area contributed by atoms with Gasteiger partial charge < -0.3 is 4.74 Å². The van der Waals surface area contributed by atoms with E-state index in [9.17, 15) is 4.79 Å². The van der Waals surface area contributed by atoms with Gasteiger partial charge in [0.2, 0.25) is 0 Å². The fourth-order valence-electron chi connectivity index (χ4n) is 2.80. The number of halogens is 1. The number of nitrogens with one attached hydrogen (secondary N) is 3. The molecule has 0 aromatic heterocycles. The standard InChI is InChI=1S/C20H23BrN4O2/c1-2-10-27-17-8-6-15(7-9-17)18-12-19(24-23-18)20(26)25-22-13-14-4-3-5-16(21)11-14/h3-9,11,13,18-19,23-24H,2,10,12H2,1H3,(H,25,26)/b22-13+. The van der Waals surface area contributed by atoms with Gasteiger partial charge in [0, 0.05) is 10.5 Å². The first-order chi connectivity index (χ1) is 13.2. The smallest absolute Gasteiger partial charge is 0.258 e. The van der Waals surface area contributed by atoms with Gasteiger partial charge >= 0.3 is 0 Å². The van der Waals surface area contributed by atoms with Crippen LogP contribution in [0.1, 0.15) is 36.9 Å². The zero-order valence-electron chi connectivity index (χ0n) is 15.1. The van der Waals surface area contributed by atoms with E-state index in [4.69, 9.17) is 4.74 Å². The van der Waals surface area contributed by atoms with Gasteiger partial charge in [-0.1, -0.05) is 47.1 Å². The van der Waals surface area contributed by atoms with Gasteiger partial charge in [-0.25, -0.2) is 16.3 Å². The first-order valence-electron chi connectivity index (χ1n) is 8.98. The van der Waals surface area contributed by atoms with Gasteiger partial charge in [0.15, 0.2) is 0 Å². The van der Waals surface area contributed by atoms with Crippen LogP contribution in [0.4, 0.5) is 0 Å². The molecule has 7 heteroatoms. The number of benzene rings is 2. The Labute approximate surface area is 167 Å². The molecule has 3 rings (SSSR count). The van der Waals surface area contributed by atoms with Crippen molar-refractivity contribution in [3.05, 3.63) is 64.1 Å². The lowest BCUT2D eigenvalue weighted by Crippen LogP contribution is -2.41. The number of ether oxygens (including phenoxy) is 1. The summed E-state index contributed by atoms with van der Waals surface area (Å²) in [5, 5.41) is 4.04. The molecular weight excluding hydrogens is 408 g/mol. The topological polar surface area (TPSA) is 74.8 Å². The maximum absolute atomic E-state index is 12.3. The summed E-state index contributed by atoms with van der Waals surface area (Å²) in [4.78, 5) is 12.3. The molecule has 1 fully saturated rings. The Morgan fingerprint density at radius 1 is 1.30 bits per heavy atom. The summed E-state index contributed by atoms with van der Waals surface area (Å²) in [6.45, 7) is 2.79. The van der Waals surface area contributed by atoms with E-state index in [1.807, 2.05) is 48.5 Å². The van der Waals surface area contributed by atoms with Crippen molar-refractivity contribution in [3.63, 3.8) is 0 Å². The molecule has 0 aliphatic carbocycles. The number of carbonyl (C=O) groups excluding carboxylic acids is 1. The first-order valence-corrected chi connectivity index (χ1v) is 9.77. The van der Waals surface area contributed by atoms with Crippen LogP contribution in [0.5, 0.6) is 5.75 Å². The lowest BCUT2D eigenvalue weighted by molar-refractivity contribution is -0.122. The zero-order chi connectivity index (χ0) is 19.1. The Morgan fingerprint density at radius 3 is 2.85 bits per heavy atom. The zero-order valence-corrected chi connectivity index (χ0v) is 16.7. The fourth-order valence-corrected chi connectivity index (χ4v) is 3.22. The van der Waals surface area contributed by atoms with E-state index in [0.717, 1.165) is 27.8 Å². The van der Waals surface area contributed by atoms with Gasteiger partial charge in [0.05, 0.1) is 12.8 Å². The second kappa shape index (κ2) is 9.64. The van der Waals surface area contributed by atoms with Crippen LogP contribution in [-0.4, -0.2) is 24.8 Å². The third kappa shape index (κ3) is 5.63. The van der Waals surface area contributed by atoms with E-state index in [2.05, 4.69) is 44.2 Å². The van der Waals surface area contributed by atoms with E-state index in [-0.39, 0.29) is 18.0 Å².